The van der Waals surface area contributed by atoms with Crippen LogP contribution in [0.5, 0.6) is 11.5 Å². The molecule has 6 atom stereocenters. The van der Waals surface area contributed by atoms with Crippen molar-refractivity contribution >= 4 is 34.0 Å². The van der Waals surface area contributed by atoms with E-state index in [9.17, 15) is 14.7 Å². The standard InChI is InChI=1S/C20H19BrN2O4/c1-2-27-15-6-9(5-14(21)18(15)24)8-22-23-19(25)16-10-3-4-11(13-7-12(10)13)17(16)20(23)26/h3-6,8,10-13,16-17,24H,2,7H2,1H3/b22-8-/t10-,11-,12-,13+,16+,17+/m1/s1. The molecule has 140 valence electrons. The first kappa shape index (κ1) is 17.0. The van der Waals surface area contributed by atoms with E-state index >= 15 is 0 Å². The molecule has 5 aliphatic rings. The fourth-order valence-electron chi connectivity index (χ4n) is 5.11. The van der Waals surface area contributed by atoms with Gasteiger partial charge in [0.15, 0.2) is 11.5 Å². The molecule has 0 aromatic heterocycles. The number of aromatic hydroxyl groups is 1. The molecule has 1 heterocycles. The van der Waals surface area contributed by atoms with Gasteiger partial charge in [0.05, 0.1) is 29.1 Å². The zero-order valence-electron chi connectivity index (χ0n) is 14.7. The van der Waals surface area contributed by atoms with Gasteiger partial charge in [-0.25, -0.2) is 0 Å². The van der Waals surface area contributed by atoms with E-state index in [2.05, 4.69) is 33.2 Å². The van der Waals surface area contributed by atoms with Crippen LogP contribution in [0.1, 0.15) is 18.9 Å². The van der Waals surface area contributed by atoms with E-state index in [1.807, 2.05) is 6.92 Å². The molecule has 6 rings (SSSR count). The van der Waals surface area contributed by atoms with Crippen LogP contribution in [0.15, 0.2) is 33.9 Å². The van der Waals surface area contributed by atoms with E-state index in [-0.39, 0.29) is 41.2 Å². The lowest BCUT2D eigenvalue weighted by atomic mass is 9.63. The van der Waals surface area contributed by atoms with Crippen LogP contribution in [0, 0.1) is 35.5 Å². The van der Waals surface area contributed by atoms with Crippen LogP contribution in [0.25, 0.3) is 0 Å². The van der Waals surface area contributed by atoms with E-state index in [0.29, 0.717) is 34.2 Å². The number of imide groups is 1. The van der Waals surface area contributed by atoms with Gasteiger partial charge in [0.2, 0.25) is 0 Å². The average molecular weight is 431 g/mol. The van der Waals surface area contributed by atoms with Crippen LogP contribution < -0.4 is 4.74 Å². The van der Waals surface area contributed by atoms with Gasteiger partial charge in [-0.2, -0.15) is 10.1 Å². The summed E-state index contributed by atoms with van der Waals surface area (Å²) in [5.74, 6) is 0.981. The Morgan fingerprint density at radius 3 is 2.44 bits per heavy atom. The second-order valence-electron chi connectivity index (χ2n) is 7.67. The maximum atomic E-state index is 12.9. The number of carbonyl (C=O) groups is 2. The van der Waals surface area contributed by atoms with Crippen molar-refractivity contribution in [2.45, 2.75) is 13.3 Å². The average Bonchev–Trinajstić information content (AvgIpc) is 3.43. The number of allylic oxidation sites excluding steroid dienone is 2. The SMILES string of the molecule is CCOc1cc(/C=N\N2C(=O)[C@H]3[C@@H]4C=C[C@H]([C@@H]5C[C@H]45)[C@@H]3C2=O)cc(Br)c1O. The summed E-state index contributed by atoms with van der Waals surface area (Å²) in [6.45, 7) is 2.23. The Balaban J connectivity index is 1.42. The molecule has 0 radical (unpaired) electrons. The third-order valence-corrected chi connectivity index (χ3v) is 6.92. The highest BCUT2D eigenvalue weighted by atomic mass is 79.9. The normalized spacial score (nSPS) is 35.7. The molecule has 2 bridgehead atoms. The summed E-state index contributed by atoms with van der Waals surface area (Å²) in [5.41, 5.74) is 0.627. The summed E-state index contributed by atoms with van der Waals surface area (Å²) >= 11 is 3.28. The molecule has 2 amide bonds. The molecule has 4 aliphatic carbocycles. The smallest absolute Gasteiger partial charge is 0.254 e. The van der Waals surface area contributed by atoms with Crippen molar-refractivity contribution in [3.63, 3.8) is 0 Å². The Morgan fingerprint density at radius 2 is 1.85 bits per heavy atom. The molecule has 1 aliphatic heterocycles. The van der Waals surface area contributed by atoms with Crippen LogP contribution in [-0.4, -0.2) is 34.8 Å². The summed E-state index contributed by atoms with van der Waals surface area (Å²) in [7, 11) is 0. The fourth-order valence-corrected chi connectivity index (χ4v) is 5.57. The van der Waals surface area contributed by atoms with Gasteiger partial charge in [0, 0.05) is 0 Å². The van der Waals surface area contributed by atoms with E-state index in [1.165, 1.54) is 6.21 Å². The van der Waals surface area contributed by atoms with Crippen molar-refractivity contribution in [1.82, 2.24) is 5.01 Å². The number of phenols is 1. The van der Waals surface area contributed by atoms with Crippen LogP contribution in [-0.2, 0) is 9.59 Å². The second kappa shape index (κ2) is 5.92. The summed E-state index contributed by atoms with van der Waals surface area (Å²) in [4.78, 5) is 25.8. The molecule has 1 N–H and O–H groups in total. The lowest BCUT2D eigenvalue weighted by Crippen LogP contribution is -2.40. The molecular formula is C20H19BrN2O4. The van der Waals surface area contributed by atoms with Crippen molar-refractivity contribution in [3.8, 4) is 11.5 Å². The number of hydrogen-bond donors (Lipinski definition) is 1. The minimum atomic E-state index is -0.251. The van der Waals surface area contributed by atoms with E-state index in [0.717, 1.165) is 11.4 Å². The minimum Gasteiger partial charge on any atom is -0.503 e. The van der Waals surface area contributed by atoms with Crippen molar-refractivity contribution in [2.24, 2.45) is 40.6 Å². The molecule has 6 nitrogen and oxygen atoms in total. The Kier molecular flexibility index (Phi) is 3.73. The summed E-state index contributed by atoms with van der Waals surface area (Å²) in [5, 5.41) is 15.3. The highest BCUT2D eigenvalue weighted by Gasteiger charge is 2.67. The largest absolute Gasteiger partial charge is 0.503 e. The zero-order chi connectivity index (χ0) is 18.9. The van der Waals surface area contributed by atoms with Crippen molar-refractivity contribution in [1.29, 1.82) is 0 Å². The fraction of sp³-hybridized carbons (Fsp3) is 0.450. The predicted molar refractivity (Wildman–Crippen MR) is 101 cm³/mol. The Morgan fingerprint density at radius 1 is 1.22 bits per heavy atom. The maximum absolute atomic E-state index is 12.9. The summed E-state index contributed by atoms with van der Waals surface area (Å²) in [6, 6.07) is 3.30. The summed E-state index contributed by atoms with van der Waals surface area (Å²) < 4.78 is 5.87. The third kappa shape index (κ3) is 2.40. The lowest BCUT2D eigenvalue weighted by molar-refractivity contribution is -0.140. The quantitative estimate of drug-likeness (QED) is 0.452. The van der Waals surface area contributed by atoms with E-state index in [1.54, 1.807) is 12.1 Å². The van der Waals surface area contributed by atoms with Crippen LogP contribution in [0.2, 0.25) is 0 Å². The first-order valence-electron chi connectivity index (χ1n) is 9.26. The Labute approximate surface area is 165 Å². The van der Waals surface area contributed by atoms with Gasteiger partial charge in [0.25, 0.3) is 11.8 Å². The lowest BCUT2D eigenvalue weighted by Gasteiger charge is -2.37. The van der Waals surface area contributed by atoms with Crippen LogP contribution in [0.3, 0.4) is 0 Å². The molecule has 0 spiro atoms. The number of nitrogens with zero attached hydrogens (tertiary/aromatic N) is 2. The number of phenolic OH excluding ortho intramolecular Hbond substituents is 1. The van der Waals surface area contributed by atoms with Crippen molar-refractivity contribution in [3.05, 3.63) is 34.3 Å². The molecule has 1 saturated heterocycles. The third-order valence-electron chi connectivity index (χ3n) is 6.31. The zero-order valence-corrected chi connectivity index (χ0v) is 16.3. The van der Waals surface area contributed by atoms with Crippen LogP contribution >= 0.6 is 15.9 Å². The molecule has 1 aromatic carbocycles. The molecule has 2 saturated carbocycles. The molecule has 7 heteroatoms. The van der Waals surface area contributed by atoms with Gasteiger partial charge in [-0.3, -0.25) is 9.59 Å². The number of carbonyl (C=O) groups excluding carboxylic acids is 2. The number of hydrazone groups is 1. The van der Waals surface area contributed by atoms with E-state index in [4.69, 9.17) is 4.74 Å². The topological polar surface area (TPSA) is 79.2 Å². The van der Waals surface area contributed by atoms with Gasteiger partial charge in [-0.1, -0.05) is 12.2 Å². The number of hydrogen-bond acceptors (Lipinski definition) is 5. The number of rotatable bonds is 4. The molecule has 27 heavy (non-hydrogen) atoms. The van der Waals surface area contributed by atoms with Gasteiger partial charge in [0.1, 0.15) is 0 Å². The van der Waals surface area contributed by atoms with E-state index < -0.39 is 0 Å². The number of benzene rings is 1. The molecule has 3 fully saturated rings. The number of halogens is 1. The number of amides is 2. The number of ether oxygens (including phenoxy) is 1. The molecule has 0 unspecified atom stereocenters. The highest BCUT2D eigenvalue weighted by molar-refractivity contribution is 9.10. The monoisotopic (exact) mass is 430 g/mol. The van der Waals surface area contributed by atoms with Gasteiger partial charge in [-0.15, -0.1) is 0 Å². The minimum absolute atomic E-state index is 0.00946. The van der Waals surface area contributed by atoms with Crippen LogP contribution in [0.4, 0.5) is 0 Å². The Bertz CT molecular complexity index is 875. The molecule has 1 aromatic rings. The predicted octanol–water partition coefficient (Wildman–Crippen LogP) is 2.94. The Hall–Kier alpha value is -2.15. The van der Waals surface area contributed by atoms with Crippen molar-refractivity contribution in [2.75, 3.05) is 6.61 Å². The summed E-state index contributed by atoms with van der Waals surface area (Å²) in [6.07, 6.45) is 6.89. The maximum Gasteiger partial charge on any atom is 0.254 e. The van der Waals surface area contributed by atoms with Gasteiger partial charge >= 0.3 is 0 Å². The highest BCUT2D eigenvalue weighted by Crippen LogP contribution is 2.65. The second-order valence-corrected chi connectivity index (χ2v) is 8.52. The van der Waals surface area contributed by atoms with Gasteiger partial charge in [-0.05, 0) is 70.6 Å². The van der Waals surface area contributed by atoms with Crippen molar-refractivity contribution < 1.29 is 19.4 Å². The first-order valence-corrected chi connectivity index (χ1v) is 10.1. The van der Waals surface area contributed by atoms with Gasteiger partial charge < -0.3 is 9.84 Å². The molecular weight excluding hydrogens is 412 g/mol. The first-order chi connectivity index (χ1) is 13.0.